The number of phenolic OH excluding ortho intramolecular Hbond substituents is 2. The van der Waals surface area contributed by atoms with Crippen LogP contribution < -0.4 is 9.47 Å². The van der Waals surface area contributed by atoms with E-state index >= 15 is 0 Å². The molecule has 40 heavy (non-hydrogen) atoms. The van der Waals surface area contributed by atoms with Crippen LogP contribution in [0.5, 0.6) is 23.0 Å². The van der Waals surface area contributed by atoms with Crippen LogP contribution >= 0.6 is 0 Å². The molecule has 3 aliphatic heterocycles. The van der Waals surface area contributed by atoms with Gasteiger partial charge in [0.1, 0.15) is 77.4 Å². The zero-order chi connectivity index (χ0) is 28.7. The molecule has 8 N–H and O–H groups in total. The van der Waals surface area contributed by atoms with Crippen molar-refractivity contribution in [1.82, 2.24) is 0 Å². The van der Waals surface area contributed by atoms with Crippen LogP contribution in [0.15, 0.2) is 36.4 Å². The Balaban J connectivity index is 1.29. The van der Waals surface area contributed by atoms with Gasteiger partial charge in [-0.1, -0.05) is 12.1 Å². The number of hydrogen-bond acceptors (Lipinski definition) is 14. The number of phenols is 2. The van der Waals surface area contributed by atoms with Gasteiger partial charge in [0, 0.05) is 12.1 Å². The lowest BCUT2D eigenvalue weighted by molar-refractivity contribution is -0.307. The van der Waals surface area contributed by atoms with Crippen LogP contribution in [0.25, 0.3) is 0 Å². The second-order valence-electron chi connectivity index (χ2n) is 9.86. The fraction of sp³-hybridized carbons (Fsp3) is 0.500. The molecule has 2 fully saturated rings. The highest BCUT2D eigenvalue weighted by atomic mass is 16.7. The predicted molar refractivity (Wildman–Crippen MR) is 130 cm³/mol. The fourth-order valence-corrected chi connectivity index (χ4v) is 4.76. The van der Waals surface area contributed by atoms with E-state index in [9.17, 15) is 45.6 Å². The molecule has 0 aliphatic carbocycles. The van der Waals surface area contributed by atoms with Crippen LogP contribution in [-0.4, -0.2) is 115 Å². The molecule has 218 valence electrons. The summed E-state index contributed by atoms with van der Waals surface area (Å²) < 4.78 is 27.7. The first-order chi connectivity index (χ1) is 19.0. The zero-order valence-corrected chi connectivity index (χ0v) is 20.9. The Hall–Kier alpha value is -3.05. The third kappa shape index (κ3) is 5.58. The van der Waals surface area contributed by atoms with Gasteiger partial charge >= 0.3 is 0 Å². The van der Waals surface area contributed by atoms with E-state index in [0.717, 1.165) is 6.07 Å². The maximum atomic E-state index is 12.8. The molecule has 0 radical (unpaired) electrons. The molecule has 2 aromatic carbocycles. The molecule has 10 atom stereocenters. The summed E-state index contributed by atoms with van der Waals surface area (Å²) >= 11 is 0. The Labute approximate surface area is 227 Å². The van der Waals surface area contributed by atoms with Gasteiger partial charge in [-0.05, 0) is 17.7 Å². The van der Waals surface area contributed by atoms with Crippen molar-refractivity contribution in [3.63, 3.8) is 0 Å². The van der Waals surface area contributed by atoms with Crippen molar-refractivity contribution in [3.8, 4) is 23.0 Å². The Morgan fingerprint density at radius 1 is 0.850 bits per heavy atom. The number of carbonyl (C=O) groups is 1. The maximum absolute atomic E-state index is 12.8. The number of hydrogen-bond donors (Lipinski definition) is 8. The average molecular weight is 567 g/mol. The molecule has 0 saturated carbocycles. The first-order valence-corrected chi connectivity index (χ1v) is 12.5. The number of aliphatic hydroxyl groups is 6. The molecule has 0 bridgehead atoms. The van der Waals surface area contributed by atoms with Crippen LogP contribution in [-0.2, 0) is 14.2 Å². The number of ether oxygens (including phenoxy) is 5. The number of Topliss-reactive ketones (excluding diaryl/α,β-unsaturated/α-hetero) is 1. The minimum Gasteiger partial charge on any atom is -0.508 e. The highest BCUT2D eigenvalue weighted by molar-refractivity contribution is 6.02. The molecule has 0 amide bonds. The van der Waals surface area contributed by atoms with Crippen LogP contribution in [0.2, 0.25) is 0 Å². The Bertz CT molecular complexity index is 1200. The number of ketones is 1. The molecular weight excluding hydrogens is 536 g/mol. The van der Waals surface area contributed by atoms with Gasteiger partial charge in [0.2, 0.25) is 6.29 Å². The third-order valence-electron chi connectivity index (χ3n) is 7.04. The predicted octanol–water partition coefficient (Wildman–Crippen LogP) is -1.55. The van der Waals surface area contributed by atoms with Gasteiger partial charge in [-0.2, -0.15) is 0 Å². The van der Waals surface area contributed by atoms with Gasteiger partial charge < -0.3 is 64.5 Å². The first-order valence-electron chi connectivity index (χ1n) is 12.5. The van der Waals surface area contributed by atoms with Gasteiger partial charge in [-0.3, -0.25) is 4.79 Å². The minimum atomic E-state index is -1.75. The van der Waals surface area contributed by atoms with E-state index in [-0.39, 0.29) is 35.8 Å². The van der Waals surface area contributed by atoms with E-state index in [1.807, 2.05) is 0 Å². The Morgan fingerprint density at radius 2 is 1.55 bits per heavy atom. The second kappa shape index (κ2) is 11.4. The highest BCUT2D eigenvalue weighted by Crippen LogP contribution is 2.42. The van der Waals surface area contributed by atoms with Crippen molar-refractivity contribution in [2.24, 2.45) is 0 Å². The van der Waals surface area contributed by atoms with Gasteiger partial charge in [-0.25, -0.2) is 0 Å². The number of aliphatic hydroxyl groups excluding tert-OH is 6. The third-order valence-corrected chi connectivity index (χ3v) is 7.04. The quantitative estimate of drug-likeness (QED) is 0.198. The Kier molecular flexibility index (Phi) is 8.15. The average Bonchev–Trinajstić information content (AvgIpc) is 2.92. The fourth-order valence-electron chi connectivity index (χ4n) is 4.76. The SMILES string of the molecule is O=C1C[C@@H](c2ccc(O)cc2)Oc2cc(O[C@@H]3O[C@H](CO[C@@H]4OC[C@@H](O)[C@H](O)[C@H]4O)[C@@H](O)[C@H](O)[C@H]3O)cc(O)c21. The van der Waals surface area contributed by atoms with Crippen LogP contribution in [0, 0.1) is 0 Å². The van der Waals surface area contributed by atoms with Gasteiger partial charge in [-0.15, -0.1) is 0 Å². The van der Waals surface area contributed by atoms with Crippen molar-refractivity contribution >= 4 is 5.78 Å². The van der Waals surface area contributed by atoms with Crippen LogP contribution in [0.3, 0.4) is 0 Å². The van der Waals surface area contributed by atoms with Crippen LogP contribution in [0.1, 0.15) is 28.4 Å². The summed E-state index contributed by atoms with van der Waals surface area (Å²) in [5, 5.41) is 80.7. The van der Waals surface area contributed by atoms with E-state index in [1.54, 1.807) is 12.1 Å². The largest absolute Gasteiger partial charge is 0.508 e. The molecule has 3 heterocycles. The van der Waals surface area contributed by atoms with Crippen molar-refractivity contribution in [2.75, 3.05) is 13.2 Å². The van der Waals surface area contributed by atoms with Crippen LogP contribution in [0.4, 0.5) is 0 Å². The monoisotopic (exact) mass is 566 g/mol. The lowest BCUT2D eigenvalue weighted by Gasteiger charge is -2.41. The van der Waals surface area contributed by atoms with Crippen molar-refractivity contribution in [3.05, 3.63) is 47.5 Å². The van der Waals surface area contributed by atoms with E-state index in [2.05, 4.69) is 0 Å². The smallest absolute Gasteiger partial charge is 0.229 e. The lowest BCUT2D eigenvalue weighted by atomic mass is 9.95. The minimum absolute atomic E-state index is 0.000675. The number of benzene rings is 2. The summed E-state index contributed by atoms with van der Waals surface area (Å²) in [6, 6.07) is 8.50. The Morgan fingerprint density at radius 3 is 2.27 bits per heavy atom. The number of rotatable bonds is 6. The van der Waals surface area contributed by atoms with Crippen molar-refractivity contribution in [2.45, 2.75) is 67.8 Å². The van der Waals surface area contributed by atoms with E-state index in [0.29, 0.717) is 5.56 Å². The van der Waals surface area contributed by atoms with Gasteiger partial charge in [0.25, 0.3) is 0 Å². The number of fused-ring (bicyclic) bond motifs is 1. The van der Waals surface area contributed by atoms with Gasteiger partial charge in [0.15, 0.2) is 12.1 Å². The summed E-state index contributed by atoms with van der Waals surface area (Å²) in [4.78, 5) is 12.8. The summed E-state index contributed by atoms with van der Waals surface area (Å²) in [7, 11) is 0. The molecule has 2 saturated heterocycles. The van der Waals surface area contributed by atoms with Gasteiger partial charge in [0.05, 0.1) is 19.6 Å². The van der Waals surface area contributed by atoms with Crippen molar-refractivity contribution in [1.29, 1.82) is 0 Å². The first kappa shape index (κ1) is 28.5. The molecule has 0 unspecified atom stereocenters. The highest BCUT2D eigenvalue weighted by Gasteiger charge is 2.46. The molecule has 2 aromatic rings. The van der Waals surface area contributed by atoms with E-state index < -0.39 is 79.6 Å². The summed E-state index contributed by atoms with van der Waals surface area (Å²) in [6.45, 7) is -0.791. The maximum Gasteiger partial charge on any atom is 0.229 e. The summed E-state index contributed by atoms with van der Waals surface area (Å²) in [5.41, 5.74) is 0.551. The molecule has 5 rings (SSSR count). The topological polar surface area (TPSA) is 225 Å². The number of aromatic hydroxyl groups is 2. The summed E-state index contributed by atoms with van der Waals surface area (Å²) in [6.07, 6.45) is -14.6. The molecule has 3 aliphatic rings. The van der Waals surface area contributed by atoms with E-state index in [4.69, 9.17) is 23.7 Å². The number of carbonyl (C=O) groups excluding carboxylic acids is 1. The second-order valence-corrected chi connectivity index (χ2v) is 9.86. The van der Waals surface area contributed by atoms with E-state index in [1.165, 1.54) is 18.2 Å². The molecule has 0 spiro atoms. The van der Waals surface area contributed by atoms with Crippen molar-refractivity contribution < 1.29 is 69.3 Å². The molecular formula is C26H30O14. The molecule has 14 heteroatoms. The normalized spacial score (nSPS) is 36.0. The molecule has 0 aromatic heterocycles. The summed E-state index contributed by atoms with van der Waals surface area (Å²) in [5.74, 6) is -0.889. The standard InChI is InChI=1S/C26H30O14/c27-11-3-1-10(2-4-11)16-7-14(29)19-13(28)5-12(6-17(19)39-16)38-26-24(35)22(33)21(32)18(40-26)9-37-25-23(34)20(31)15(30)8-36-25/h1-6,15-16,18,20-28,30-35H,7-9H2/t15-,16+,18-,20+,21-,22+,23-,24-,25+,26-/m1/s1. The lowest BCUT2D eigenvalue weighted by Crippen LogP contribution is -2.61. The molecule has 14 nitrogen and oxygen atoms in total. The zero-order valence-electron chi connectivity index (χ0n) is 20.9.